The van der Waals surface area contributed by atoms with Gasteiger partial charge < -0.3 is 10.1 Å². The smallest absolute Gasteiger partial charge is 0.258 e. The Morgan fingerprint density at radius 1 is 1.09 bits per heavy atom. The van der Waals surface area contributed by atoms with Gasteiger partial charge in [-0.3, -0.25) is 9.59 Å². The van der Waals surface area contributed by atoms with Crippen LogP contribution >= 0.6 is 0 Å². The van der Waals surface area contributed by atoms with Crippen LogP contribution in [0.3, 0.4) is 0 Å². The van der Waals surface area contributed by atoms with Crippen LogP contribution in [0, 0.1) is 0 Å². The van der Waals surface area contributed by atoms with E-state index < -0.39 is 0 Å². The van der Waals surface area contributed by atoms with Gasteiger partial charge in [-0.2, -0.15) is 0 Å². The summed E-state index contributed by atoms with van der Waals surface area (Å²) in [6.45, 7) is 0.422. The average Bonchev–Trinajstić information content (AvgIpc) is 2.93. The molecule has 0 heterocycles. The van der Waals surface area contributed by atoms with Crippen LogP contribution in [0.1, 0.15) is 27.9 Å². The maximum absolute atomic E-state index is 11.8. The topological polar surface area (TPSA) is 55.4 Å². The van der Waals surface area contributed by atoms with Gasteiger partial charge in [0.15, 0.2) is 12.4 Å². The van der Waals surface area contributed by atoms with Crippen LogP contribution in [0.25, 0.3) is 0 Å². The Morgan fingerprint density at radius 2 is 1.91 bits per heavy atom. The highest BCUT2D eigenvalue weighted by atomic mass is 16.5. The van der Waals surface area contributed by atoms with Crippen LogP contribution in [0.5, 0.6) is 5.75 Å². The summed E-state index contributed by atoms with van der Waals surface area (Å²) in [5.74, 6) is 0.522. The molecule has 0 saturated carbocycles. The molecule has 2 aromatic rings. The van der Waals surface area contributed by atoms with E-state index in [0.29, 0.717) is 18.7 Å². The molecule has 1 N–H and O–H groups in total. The summed E-state index contributed by atoms with van der Waals surface area (Å²) in [7, 11) is 0. The first-order chi connectivity index (χ1) is 10.7. The Bertz CT molecular complexity index is 695. The summed E-state index contributed by atoms with van der Waals surface area (Å²) in [4.78, 5) is 23.5. The van der Waals surface area contributed by atoms with Gasteiger partial charge in [-0.1, -0.05) is 36.4 Å². The first kappa shape index (κ1) is 14.3. The Labute approximate surface area is 129 Å². The summed E-state index contributed by atoms with van der Waals surface area (Å²) >= 11 is 0. The van der Waals surface area contributed by atoms with Gasteiger partial charge in [-0.15, -0.1) is 0 Å². The highest BCUT2D eigenvalue weighted by Gasteiger charge is 2.19. The summed E-state index contributed by atoms with van der Waals surface area (Å²) in [6.07, 6.45) is 1.36. The van der Waals surface area contributed by atoms with Crippen molar-refractivity contribution in [2.24, 2.45) is 0 Å². The van der Waals surface area contributed by atoms with Crippen LogP contribution in [-0.2, 0) is 17.8 Å². The lowest BCUT2D eigenvalue weighted by molar-refractivity contribution is -0.123. The third-order valence-corrected chi connectivity index (χ3v) is 3.71. The van der Waals surface area contributed by atoms with Crippen molar-refractivity contribution < 1.29 is 14.3 Å². The minimum atomic E-state index is -0.185. The minimum Gasteiger partial charge on any atom is -0.484 e. The zero-order valence-electron chi connectivity index (χ0n) is 12.2. The molecular weight excluding hydrogens is 278 g/mol. The van der Waals surface area contributed by atoms with Gasteiger partial charge in [-0.25, -0.2) is 0 Å². The largest absolute Gasteiger partial charge is 0.484 e. The Morgan fingerprint density at radius 3 is 2.73 bits per heavy atom. The molecule has 4 heteroatoms. The minimum absolute atomic E-state index is 0.0557. The van der Waals surface area contributed by atoms with Gasteiger partial charge in [0.1, 0.15) is 5.75 Å². The number of nitrogens with one attached hydrogen (secondary N) is 1. The van der Waals surface area contributed by atoms with Crippen molar-refractivity contribution in [2.75, 3.05) is 6.61 Å². The highest BCUT2D eigenvalue weighted by Crippen LogP contribution is 2.26. The predicted molar refractivity (Wildman–Crippen MR) is 82.9 cm³/mol. The first-order valence-corrected chi connectivity index (χ1v) is 7.32. The zero-order chi connectivity index (χ0) is 15.4. The first-order valence-electron chi connectivity index (χ1n) is 7.32. The van der Waals surface area contributed by atoms with Crippen molar-refractivity contribution in [3.05, 3.63) is 65.2 Å². The fourth-order valence-corrected chi connectivity index (χ4v) is 2.50. The number of amides is 1. The third kappa shape index (κ3) is 3.34. The molecule has 1 amide bonds. The second kappa shape index (κ2) is 6.43. The monoisotopic (exact) mass is 295 g/mol. The molecule has 2 aromatic carbocycles. The molecule has 0 spiro atoms. The van der Waals surface area contributed by atoms with Crippen molar-refractivity contribution in [3.8, 4) is 5.75 Å². The molecule has 3 rings (SSSR count). The van der Waals surface area contributed by atoms with Gasteiger partial charge >= 0.3 is 0 Å². The number of rotatable bonds is 5. The number of ether oxygens (including phenoxy) is 1. The van der Waals surface area contributed by atoms with E-state index in [1.54, 1.807) is 6.07 Å². The fraction of sp³-hybridized carbons (Fsp3) is 0.222. The van der Waals surface area contributed by atoms with Crippen LogP contribution in [0.15, 0.2) is 48.5 Å². The predicted octanol–water partition coefficient (Wildman–Crippen LogP) is 2.51. The van der Waals surface area contributed by atoms with Crippen molar-refractivity contribution in [2.45, 2.75) is 19.4 Å². The number of ketones is 1. The lowest BCUT2D eigenvalue weighted by Crippen LogP contribution is -2.28. The van der Waals surface area contributed by atoms with E-state index >= 15 is 0 Å². The van der Waals surface area contributed by atoms with E-state index in [1.165, 1.54) is 0 Å². The van der Waals surface area contributed by atoms with E-state index in [2.05, 4.69) is 5.32 Å². The maximum Gasteiger partial charge on any atom is 0.258 e. The molecule has 4 nitrogen and oxygen atoms in total. The molecule has 1 aliphatic rings. The summed E-state index contributed by atoms with van der Waals surface area (Å²) in [5, 5.41) is 2.80. The molecule has 0 unspecified atom stereocenters. The van der Waals surface area contributed by atoms with Crippen LogP contribution in [0.2, 0.25) is 0 Å². The number of hydrogen-bond acceptors (Lipinski definition) is 3. The Hall–Kier alpha value is -2.62. The molecule has 0 radical (unpaired) electrons. The van der Waals surface area contributed by atoms with Crippen molar-refractivity contribution in [1.82, 2.24) is 5.32 Å². The van der Waals surface area contributed by atoms with E-state index in [1.807, 2.05) is 42.5 Å². The summed E-state index contributed by atoms with van der Waals surface area (Å²) in [6, 6.07) is 15.1. The SMILES string of the molecule is O=C(COc1ccc2c(c1)C(=O)CC2)NCc1ccccc1. The van der Waals surface area contributed by atoms with E-state index in [4.69, 9.17) is 4.74 Å². The van der Waals surface area contributed by atoms with Crippen molar-refractivity contribution in [3.63, 3.8) is 0 Å². The van der Waals surface area contributed by atoms with Crippen molar-refractivity contribution in [1.29, 1.82) is 0 Å². The normalized spacial score (nSPS) is 12.8. The lowest BCUT2D eigenvalue weighted by atomic mass is 10.1. The van der Waals surface area contributed by atoms with E-state index in [9.17, 15) is 9.59 Å². The van der Waals surface area contributed by atoms with Gasteiger partial charge in [0.05, 0.1) is 0 Å². The zero-order valence-corrected chi connectivity index (χ0v) is 12.2. The number of carbonyl (C=O) groups excluding carboxylic acids is 2. The fourth-order valence-electron chi connectivity index (χ4n) is 2.50. The van der Waals surface area contributed by atoms with Crippen LogP contribution in [-0.4, -0.2) is 18.3 Å². The Kier molecular flexibility index (Phi) is 4.19. The van der Waals surface area contributed by atoms with Gasteiger partial charge in [-0.05, 0) is 29.7 Å². The van der Waals surface area contributed by atoms with Crippen LogP contribution < -0.4 is 10.1 Å². The quantitative estimate of drug-likeness (QED) is 0.922. The molecule has 1 aliphatic carbocycles. The molecule has 112 valence electrons. The molecule has 0 atom stereocenters. The molecule has 22 heavy (non-hydrogen) atoms. The summed E-state index contributed by atoms with van der Waals surface area (Å²) in [5.41, 5.74) is 2.83. The highest BCUT2D eigenvalue weighted by molar-refractivity contribution is 6.00. The number of benzene rings is 2. The standard InChI is InChI=1S/C18H17NO3/c20-17-9-7-14-6-8-15(10-16(14)17)22-12-18(21)19-11-13-4-2-1-3-5-13/h1-6,8,10H,7,9,11-12H2,(H,19,21). The second-order valence-electron chi connectivity index (χ2n) is 5.29. The number of hydrogen-bond donors (Lipinski definition) is 1. The number of carbonyl (C=O) groups is 2. The number of Topliss-reactive ketones (excluding diaryl/α,β-unsaturated/α-hetero) is 1. The van der Waals surface area contributed by atoms with Gasteiger partial charge in [0, 0.05) is 18.5 Å². The van der Waals surface area contributed by atoms with Crippen molar-refractivity contribution >= 4 is 11.7 Å². The van der Waals surface area contributed by atoms with Crippen LogP contribution in [0.4, 0.5) is 0 Å². The van der Waals surface area contributed by atoms with E-state index in [0.717, 1.165) is 23.1 Å². The molecule has 0 bridgehead atoms. The lowest BCUT2D eigenvalue weighted by Gasteiger charge is -2.08. The molecule has 0 fully saturated rings. The average molecular weight is 295 g/mol. The third-order valence-electron chi connectivity index (χ3n) is 3.71. The van der Waals surface area contributed by atoms with Gasteiger partial charge in [0.25, 0.3) is 5.91 Å². The summed E-state index contributed by atoms with van der Waals surface area (Å²) < 4.78 is 5.47. The Balaban J connectivity index is 1.51. The number of fused-ring (bicyclic) bond motifs is 1. The molecule has 0 aromatic heterocycles. The van der Waals surface area contributed by atoms with Gasteiger partial charge in [0.2, 0.25) is 0 Å². The maximum atomic E-state index is 11.8. The molecule has 0 saturated heterocycles. The van der Waals surface area contributed by atoms with E-state index in [-0.39, 0.29) is 18.3 Å². The number of aryl methyl sites for hydroxylation is 1. The second-order valence-corrected chi connectivity index (χ2v) is 5.29. The molecule has 0 aliphatic heterocycles. The molecular formula is C18H17NO3.